The van der Waals surface area contributed by atoms with Gasteiger partial charge < -0.3 is 5.11 Å². The quantitative estimate of drug-likeness (QED) is 0.544. The minimum absolute atomic E-state index is 0.361. The molecular formula is C7H13O. The SMILES string of the molecule is OC[C@@H]1[CH]CCCC1. The summed E-state index contributed by atoms with van der Waals surface area (Å²) < 4.78 is 0. The molecule has 0 heterocycles. The Kier molecular flexibility index (Phi) is 2.34. The van der Waals surface area contributed by atoms with Crippen molar-refractivity contribution in [3.05, 3.63) is 6.42 Å². The smallest absolute Gasteiger partial charge is 0.0462 e. The lowest BCUT2D eigenvalue weighted by molar-refractivity contribution is 0.222. The molecule has 0 unspecified atom stereocenters. The molecule has 8 heavy (non-hydrogen) atoms. The van der Waals surface area contributed by atoms with Gasteiger partial charge in [-0.1, -0.05) is 12.8 Å². The summed E-state index contributed by atoms with van der Waals surface area (Å²) in [6, 6.07) is 0. The van der Waals surface area contributed by atoms with Crippen LogP contribution >= 0.6 is 0 Å². The predicted molar refractivity (Wildman–Crippen MR) is 33.3 cm³/mol. The average molecular weight is 113 g/mol. The fraction of sp³-hybridized carbons (Fsp3) is 0.857. The Hall–Kier alpha value is -0.0400. The van der Waals surface area contributed by atoms with Crippen molar-refractivity contribution in [2.45, 2.75) is 25.7 Å². The van der Waals surface area contributed by atoms with Crippen LogP contribution < -0.4 is 0 Å². The topological polar surface area (TPSA) is 20.2 Å². The van der Waals surface area contributed by atoms with E-state index in [1.807, 2.05) is 0 Å². The van der Waals surface area contributed by atoms with Crippen molar-refractivity contribution >= 4 is 0 Å². The number of aliphatic hydroxyl groups excluding tert-OH is 1. The monoisotopic (exact) mass is 113 g/mol. The molecule has 0 saturated heterocycles. The molecule has 0 spiro atoms. The van der Waals surface area contributed by atoms with Crippen molar-refractivity contribution in [3.63, 3.8) is 0 Å². The minimum atomic E-state index is 0.361. The number of hydrogen-bond donors (Lipinski definition) is 1. The Morgan fingerprint density at radius 3 is 2.75 bits per heavy atom. The van der Waals surface area contributed by atoms with Crippen LogP contribution in [-0.4, -0.2) is 11.7 Å². The van der Waals surface area contributed by atoms with Crippen molar-refractivity contribution in [1.29, 1.82) is 0 Å². The van der Waals surface area contributed by atoms with E-state index in [1.54, 1.807) is 0 Å². The summed E-state index contributed by atoms with van der Waals surface area (Å²) in [5.74, 6) is 0.517. The molecule has 1 atom stereocenters. The molecule has 1 radical (unpaired) electrons. The Morgan fingerprint density at radius 2 is 2.38 bits per heavy atom. The number of aliphatic hydroxyl groups is 1. The van der Waals surface area contributed by atoms with E-state index < -0.39 is 0 Å². The van der Waals surface area contributed by atoms with Crippen LogP contribution in [-0.2, 0) is 0 Å². The van der Waals surface area contributed by atoms with Gasteiger partial charge in [0.25, 0.3) is 0 Å². The average Bonchev–Trinajstić information content (AvgIpc) is 1.90. The highest BCUT2D eigenvalue weighted by molar-refractivity contribution is 4.79. The van der Waals surface area contributed by atoms with Gasteiger partial charge in [-0.25, -0.2) is 0 Å². The van der Waals surface area contributed by atoms with Crippen molar-refractivity contribution in [3.8, 4) is 0 Å². The van der Waals surface area contributed by atoms with E-state index in [0.717, 1.165) is 0 Å². The van der Waals surface area contributed by atoms with E-state index in [4.69, 9.17) is 5.11 Å². The molecule has 1 fully saturated rings. The largest absolute Gasteiger partial charge is 0.396 e. The van der Waals surface area contributed by atoms with Crippen LogP contribution in [0.3, 0.4) is 0 Å². The molecule has 1 aliphatic rings. The standard InChI is InChI=1S/C7H13O/c8-6-7-4-2-1-3-5-7/h4,7-8H,1-3,5-6H2/t7-/m1/s1. The third-order valence-corrected chi connectivity index (χ3v) is 1.76. The first-order valence-corrected chi connectivity index (χ1v) is 3.37. The van der Waals surface area contributed by atoms with Gasteiger partial charge in [-0.05, 0) is 25.2 Å². The van der Waals surface area contributed by atoms with Crippen molar-refractivity contribution < 1.29 is 5.11 Å². The zero-order valence-corrected chi connectivity index (χ0v) is 5.14. The highest BCUT2D eigenvalue weighted by atomic mass is 16.3. The first-order chi connectivity index (χ1) is 3.93. The van der Waals surface area contributed by atoms with Gasteiger partial charge in [0.2, 0.25) is 0 Å². The third-order valence-electron chi connectivity index (χ3n) is 1.76. The second-order valence-corrected chi connectivity index (χ2v) is 2.46. The molecule has 1 nitrogen and oxygen atoms in total. The van der Waals surface area contributed by atoms with Crippen LogP contribution in [0.5, 0.6) is 0 Å². The second kappa shape index (κ2) is 3.08. The molecule has 0 amide bonds. The summed E-state index contributed by atoms with van der Waals surface area (Å²) >= 11 is 0. The molecule has 0 aromatic carbocycles. The third kappa shape index (κ3) is 1.48. The minimum Gasteiger partial charge on any atom is -0.396 e. The maximum atomic E-state index is 8.66. The molecule has 0 aromatic heterocycles. The summed E-state index contributed by atoms with van der Waals surface area (Å²) in [4.78, 5) is 0. The lowest BCUT2D eigenvalue weighted by Crippen LogP contribution is -2.10. The highest BCUT2D eigenvalue weighted by Crippen LogP contribution is 2.21. The van der Waals surface area contributed by atoms with Gasteiger partial charge in [0.1, 0.15) is 0 Å². The fourth-order valence-electron chi connectivity index (χ4n) is 1.19. The molecule has 1 heteroatoms. The summed E-state index contributed by atoms with van der Waals surface area (Å²) in [5.41, 5.74) is 0. The lowest BCUT2D eigenvalue weighted by Gasteiger charge is -2.17. The molecule has 0 bridgehead atoms. The van der Waals surface area contributed by atoms with Gasteiger partial charge in [-0.3, -0.25) is 0 Å². The van der Waals surface area contributed by atoms with Crippen LogP contribution in [0.1, 0.15) is 25.7 Å². The molecule has 1 aliphatic carbocycles. The van der Waals surface area contributed by atoms with Gasteiger partial charge >= 0.3 is 0 Å². The zero-order valence-electron chi connectivity index (χ0n) is 5.14. The van der Waals surface area contributed by atoms with E-state index in [1.165, 1.54) is 25.7 Å². The van der Waals surface area contributed by atoms with Crippen LogP contribution in [0.25, 0.3) is 0 Å². The Balaban J connectivity index is 2.13. The Bertz CT molecular complexity index is 55.4. The van der Waals surface area contributed by atoms with Gasteiger partial charge in [0.05, 0.1) is 0 Å². The van der Waals surface area contributed by atoms with Crippen molar-refractivity contribution in [1.82, 2.24) is 0 Å². The normalized spacial score (nSPS) is 23.6. The number of rotatable bonds is 1. The fourth-order valence-corrected chi connectivity index (χ4v) is 1.19. The van der Waals surface area contributed by atoms with Gasteiger partial charge in [-0.2, -0.15) is 0 Å². The van der Waals surface area contributed by atoms with Crippen molar-refractivity contribution in [2.24, 2.45) is 5.92 Å². The molecule has 1 saturated carbocycles. The van der Waals surface area contributed by atoms with E-state index in [2.05, 4.69) is 6.42 Å². The molecular weight excluding hydrogens is 100 g/mol. The van der Waals surface area contributed by atoms with Gasteiger partial charge in [-0.15, -0.1) is 0 Å². The summed E-state index contributed by atoms with van der Waals surface area (Å²) in [7, 11) is 0. The van der Waals surface area contributed by atoms with Gasteiger partial charge in [0, 0.05) is 6.61 Å². The first-order valence-electron chi connectivity index (χ1n) is 3.37. The predicted octanol–water partition coefficient (Wildman–Crippen LogP) is 1.37. The second-order valence-electron chi connectivity index (χ2n) is 2.46. The van der Waals surface area contributed by atoms with Crippen LogP contribution in [0.4, 0.5) is 0 Å². The first kappa shape index (κ1) is 6.09. The lowest BCUT2D eigenvalue weighted by atomic mass is 9.90. The van der Waals surface area contributed by atoms with E-state index >= 15 is 0 Å². The van der Waals surface area contributed by atoms with E-state index in [9.17, 15) is 0 Å². The maximum absolute atomic E-state index is 8.66. The maximum Gasteiger partial charge on any atom is 0.0462 e. The van der Waals surface area contributed by atoms with Crippen LogP contribution in [0, 0.1) is 12.3 Å². The molecule has 1 rings (SSSR count). The highest BCUT2D eigenvalue weighted by Gasteiger charge is 2.10. The van der Waals surface area contributed by atoms with Crippen molar-refractivity contribution in [2.75, 3.05) is 6.61 Å². The Morgan fingerprint density at radius 1 is 1.50 bits per heavy atom. The molecule has 1 N–H and O–H groups in total. The summed E-state index contributed by atoms with van der Waals surface area (Å²) in [6.45, 7) is 0.361. The molecule has 0 aliphatic heterocycles. The molecule has 0 aromatic rings. The summed E-state index contributed by atoms with van der Waals surface area (Å²) in [5, 5.41) is 8.66. The Labute approximate surface area is 50.7 Å². The van der Waals surface area contributed by atoms with E-state index in [0.29, 0.717) is 12.5 Å². The van der Waals surface area contributed by atoms with Crippen LogP contribution in [0.15, 0.2) is 0 Å². The van der Waals surface area contributed by atoms with Gasteiger partial charge in [0.15, 0.2) is 0 Å². The number of hydrogen-bond acceptors (Lipinski definition) is 1. The van der Waals surface area contributed by atoms with E-state index in [-0.39, 0.29) is 0 Å². The molecule has 47 valence electrons. The summed E-state index contributed by atoms with van der Waals surface area (Å²) in [6.07, 6.45) is 7.30. The zero-order chi connectivity index (χ0) is 5.82. The van der Waals surface area contributed by atoms with Crippen LogP contribution in [0.2, 0.25) is 0 Å².